The van der Waals surface area contributed by atoms with E-state index in [1.165, 1.54) is 12.8 Å². The number of rotatable bonds is 5. The third-order valence-corrected chi connectivity index (χ3v) is 3.82. The molecule has 19 heavy (non-hydrogen) atoms. The van der Waals surface area contributed by atoms with E-state index in [9.17, 15) is 4.79 Å². The van der Waals surface area contributed by atoms with Gasteiger partial charge >= 0.3 is 0 Å². The van der Waals surface area contributed by atoms with Gasteiger partial charge in [0.25, 0.3) is 5.56 Å². The zero-order valence-corrected chi connectivity index (χ0v) is 11.2. The molecule has 0 spiro atoms. The van der Waals surface area contributed by atoms with Gasteiger partial charge in [-0.1, -0.05) is 13.0 Å². The van der Waals surface area contributed by atoms with Gasteiger partial charge in [-0.3, -0.25) is 9.20 Å². The summed E-state index contributed by atoms with van der Waals surface area (Å²) >= 11 is 0. The molecule has 0 radical (unpaired) electrons. The van der Waals surface area contributed by atoms with E-state index in [1.54, 1.807) is 16.7 Å². The van der Waals surface area contributed by atoms with Crippen molar-refractivity contribution < 1.29 is 0 Å². The van der Waals surface area contributed by atoms with Crippen LogP contribution in [0.15, 0.2) is 35.3 Å². The summed E-state index contributed by atoms with van der Waals surface area (Å²) in [6, 6.07) is 7.21. The Morgan fingerprint density at radius 1 is 1.47 bits per heavy atom. The van der Waals surface area contributed by atoms with Gasteiger partial charge in [0.15, 0.2) is 0 Å². The predicted molar refractivity (Wildman–Crippen MR) is 75.1 cm³/mol. The second-order valence-corrected chi connectivity index (χ2v) is 5.46. The van der Waals surface area contributed by atoms with Crippen molar-refractivity contribution in [2.75, 3.05) is 6.54 Å². The van der Waals surface area contributed by atoms with E-state index in [0.29, 0.717) is 12.2 Å². The molecule has 1 N–H and O–H groups in total. The number of hydrogen-bond acceptors (Lipinski definition) is 3. The third-order valence-electron chi connectivity index (χ3n) is 3.82. The van der Waals surface area contributed by atoms with Gasteiger partial charge < -0.3 is 5.32 Å². The summed E-state index contributed by atoms with van der Waals surface area (Å²) in [5.41, 5.74) is 1.51. The second kappa shape index (κ2) is 5.13. The van der Waals surface area contributed by atoms with Gasteiger partial charge in [0.2, 0.25) is 0 Å². The Labute approximate surface area is 112 Å². The normalized spacial score (nSPS) is 16.7. The average molecular weight is 257 g/mol. The Kier molecular flexibility index (Phi) is 3.34. The van der Waals surface area contributed by atoms with E-state index in [4.69, 9.17) is 0 Å². The highest BCUT2D eigenvalue weighted by Gasteiger charge is 2.27. The van der Waals surface area contributed by atoms with Crippen molar-refractivity contribution in [1.82, 2.24) is 14.7 Å². The molecule has 4 heteroatoms. The van der Waals surface area contributed by atoms with Gasteiger partial charge in [-0.15, -0.1) is 0 Å². The number of fused-ring (bicyclic) bond motifs is 1. The van der Waals surface area contributed by atoms with Gasteiger partial charge in [0.05, 0.1) is 5.69 Å². The minimum absolute atomic E-state index is 0.0161. The Bertz CT molecular complexity index is 631. The molecule has 2 aromatic heterocycles. The second-order valence-electron chi connectivity index (χ2n) is 5.46. The SMILES string of the molecule is CC(CNCc1cc(=O)n2ccccc2n1)C1CC1. The maximum Gasteiger partial charge on any atom is 0.258 e. The van der Waals surface area contributed by atoms with E-state index >= 15 is 0 Å². The lowest BCUT2D eigenvalue weighted by molar-refractivity contribution is 0.460. The van der Waals surface area contributed by atoms with Gasteiger partial charge in [0.1, 0.15) is 5.65 Å². The first kappa shape index (κ1) is 12.4. The molecule has 0 aromatic carbocycles. The summed E-state index contributed by atoms with van der Waals surface area (Å²) in [6.07, 6.45) is 4.49. The molecule has 0 aliphatic heterocycles. The number of hydrogen-bond donors (Lipinski definition) is 1. The van der Waals surface area contributed by atoms with Gasteiger partial charge in [-0.25, -0.2) is 4.98 Å². The van der Waals surface area contributed by atoms with Crippen LogP contribution in [0.3, 0.4) is 0 Å². The summed E-state index contributed by atoms with van der Waals surface area (Å²) in [6.45, 7) is 3.95. The number of pyridine rings is 1. The summed E-state index contributed by atoms with van der Waals surface area (Å²) in [7, 11) is 0. The van der Waals surface area contributed by atoms with E-state index in [1.807, 2.05) is 18.2 Å². The van der Waals surface area contributed by atoms with Gasteiger partial charge in [0, 0.05) is 18.8 Å². The van der Waals surface area contributed by atoms with Gasteiger partial charge in [-0.2, -0.15) is 0 Å². The van der Waals surface area contributed by atoms with Crippen LogP contribution in [-0.2, 0) is 6.54 Å². The van der Waals surface area contributed by atoms with Crippen molar-refractivity contribution in [3.05, 3.63) is 46.5 Å². The Morgan fingerprint density at radius 3 is 3.11 bits per heavy atom. The Hall–Kier alpha value is -1.68. The van der Waals surface area contributed by atoms with Crippen LogP contribution in [0.25, 0.3) is 5.65 Å². The van der Waals surface area contributed by atoms with Crippen LogP contribution in [0.1, 0.15) is 25.5 Å². The average Bonchev–Trinajstić information content (AvgIpc) is 3.23. The van der Waals surface area contributed by atoms with Gasteiger partial charge in [-0.05, 0) is 43.4 Å². The minimum atomic E-state index is -0.0161. The van der Waals surface area contributed by atoms with Crippen LogP contribution in [-0.4, -0.2) is 15.9 Å². The van der Waals surface area contributed by atoms with E-state index in [0.717, 1.165) is 24.1 Å². The first-order valence-corrected chi connectivity index (χ1v) is 6.92. The molecule has 1 fully saturated rings. The van der Waals surface area contributed by atoms with Crippen molar-refractivity contribution >= 4 is 5.65 Å². The largest absolute Gasteiger partial charge is 0.311 e. The first-order valence-electron chi connectivity index (χ1n) is 6.92. The maximum atomic E-state index is 11.9. The molecular weight excluding hydrogens is 238 g/mol. The van der Waals surface area contributed by atoms with Crippen molar-refractivity contribution in [3.63, 3.8) is 0 Å². The van der Waals surface area contributed by atoms with Crippen LogP contribution < -0.4 is 10.9 Å². The molecule has 2 aromatic rings. The standard InChI is InChI=1S/C15H19N3O/c1-11(12-5-6-12)9-16-10-13-8-15(19)18-7-3-2-4-14(18)17-13/h2-4,7-8,11-12,16H,5-6,9-10H2,1H3. The van der Waals surface area contributed by atoms with Crippen molar-refractivity contribution in [3.8, 4) is 0 Å². The fourth-order valence-corrected chi connectivity index (χ4v) is 2.45. The van der Waals surface area contributed by atoms with E-state index < -0.39 is 0 Å². The highest BCUT2D eigenvalue weighted by Crippen LogP contribution is 2.36. The first-order chi connectivity index (χ1) is 9.24. The molecular formula is C15H19N3O. The van der Waals surface area contributed by atoms with Crippen molar-refractivity contribution in [2.24, 2.45) is 11.8 Å². The molecule has 3 rings (SSSR count). The van der Waals surface area contributed by atoms with Crippen LogP contribution >= 0.6 is 0 Å². The number of nitrogens with zero attached hydrogens (tertiary/aromatic N) is 2. The Balaban J connectivity index is 1.69. The molecule has 1 saturated carbocycles. The lowest BCUT2D eigenvalue weighted by Crippen LogP contribution is -2.24. The van der Waals surface area contributed by atoms with Crippen molar-refractivity contribution in [1.29, 1.82) is 0 Å². The van der Waals surface area contributed by atoms with Crippen LogP contribution in [0.5, 0.6) is 0 Å². The quantitative estimate of drug-likeness (QED) is 0.889. The van der Waals surface area contributed by atoms with Crippen LogP contribution in [0.4, 0.5) is 0 Å². The summed E-state index contributed by atoms with van der Waals surface area (Å²) in [4.78, 5) is 16.4. The smallest absolute Gasteiger partial charge is 0.258 e. The molecule has 0 bridgehead atoms. The molecule has 1 aliphatic carbocycles. The fraction of sp³-hybridized carbons (Fsp3) is 0.467. The molecule has 1 atom stereocenters. The maximum absolute atomic E-state index is 11.9. The van der Waals surface area contributed by atoms with Crippen LogP contribution in [0, 0.1) is 11.8 Å². The monoisotopic (exact) mass is 257 g/mol. The highest BCUT2D eigenvalue weighted by atomic mass is 16.1. The highest BCUT2D eigenvalue weighted by molar-refractivity contribution is 5.37. The summed E-state index contributed by atoms with van der Waals surface area (Å²) in [5.74, 6) is 1.63. The third kappa shape index (κ3) is 2.84. The molecule has 1 aliphatic rings. The number of nitrogens with one attached hydrogen (secondary N) is 1. The van der Waals surface area contributed by atoms with E-state index in [-0.39, 0.29) is 5.56 Å². The van der Waals surface area contributed by atoms with Crippen molar-refractivity contribution in [2.45, 2.75) is 26.3 Å². The lowest BCUT2D eigenvalue weighted by Gasteiger charge is -2.11. The topological polar surface area (TPSA) is 46.4 Å². The zero-order valence-electron chi connectivity index (χ0n) is 11.2. The molecule has 2 heterocycles. The number of aromatic nitrogens is 2. The lowest BCUT2D eigenvalue weighted by atomic mass is 10.1. The molecule has 0 saturated heterocycles. The Morgan fingerprint density at radius 2 is 2.32 bits per heavy atom. The molecule has 1 unspecified atom stereocenters. The molecule has 4 nitrogen and oxygen atoms in total. The minimum Gasteiger partial charge on any atom is -0.311 e. The van der Waals surface area contributed by atoms with E-state index in [2.05, 4.69) is 17.2 Å². The molecule has 100 valence electrons. The summed E-state index contributed by atoms with van der Waals surface area (Å²) < 4.78 is 1.57. The zero-order chi connectivity index (χ0) is 13.2. The fourth-order valence-electron chi connectivity index (χ4n) is 2.45. The molecule has 0 amide bonds. The predicted octanol–water partition coefficient (Wildman–Crippen LogP) is 1.83. The summed E-state index contributed by atoms with van der Waals surface area (Å²) in [5, 5.41) is 3.40. The van der Waals surface area contributed by atoms with Crippen LogP contribution in [0.2, 0.25) is 0 Å².